The monoisotopic (exact) mass is 379 g/mol. The molecule has 0 amide bonds. The zero-order valence-corrected chi connectivity index (χ0v) is 14.9. The first-order chi connectivity index (χ1) is 13.1. The highest BCUT2D eigenvalue weighted by atomic mass is 19.3. The molecule has 5 nitrogen and oxygen atoms in total. The first-order valence-corrected chi connectivity index (χ1v) is 9.44. The minimum atomic E-state index is -2.91. The van der Waals surface area contributed by atoms with Gasteiger partial charge in [-0.2, -0.15) is 8.78 Å². The number of halogens is 2. The van der Waals surface area contributed by atoms with Crippen molar-refractivity contribution in [3.05, 3.63) is 35.6 Å². The van der Waals surface area contributed by atoms with E-state index in [1.165, 1.54) is 6.07 Å². The minimum Gasteiger partial charge on any atom is -0.434 e. The Morgan fingerprint density at radius 2 is 1.85 bits per heavy atom. The molecular weight excluding hydrogens is 356 g/mol. The van der Waals surface area contributed by atoms with Gasteiger partial charge < -0.3 is 19.1 Å². The third kappa shape index (κ3) is 4.30. The first-order valence-electron chi connectivity index (χ1n) is 9.44. The molecule has 1 N–H and O–H groups in total. The van der Waals surface area contributed by atoms with Crippen LogP contribution in [0.15, 0.2) is 28.8 Å². The number of alkyl halides is 2. The Morgan fingerprint density at radius 1 is 1.11 bits per heavy atom. The van der Waals surface area contributed by atoms with Crippen LogP contribution in [-0.4, -0.2) is 29.1 Å². The fourth-order valence-electron chi connectivity index (χ4n) is 3.61. The van der Waals surface area contributed by atoms with Crippen molar-refractivity contribution < 1.29 is 27.9 Å². The quantitative estimate of drug-likeness (QED) is 0.759. The molecule has 0 atom stereocenters. The summed E-state index contributed by atoms with van der Waals surface area (Å²) in [6.07, 6.45) is 5.01. The number of aliphatic hydroxyl groups is 1. The number of benzene rings is 1. The van der Waals surface area contributed by atoms with E-state index in [1.54, 1.807) is 18.2 Å². The fourth-order valence-corrected chi connectivity index (χ4v) is 3.61. The molecule has 4 rings (SSSR count). The predicted molar refractivity (Wildman–Crippen MR) is 93.6 cm³/mol. The van der Waals surface area contributed by atoms with Crippen molar-refractivity contribution in [2.45, 2.75) is 69.9 Å². The van der Waals surface area contributed by atoms with Gasteiger partial charge in [-0.1, -0.05) is 17.3 Å². The number of hydrogen-bond donors (Lipinski definition) is 1. The van der Waals surface area contributed by atoms with Crippen molar-refractivity contribution in [1.29, 1.82) is 0 Å². The maximum Gasteiger partial charge on any atom is 0.387 e. The number of aliphatic hydroxyl groups excluding tert-OH is 1. The van der Waals surface area contributed by atoms with E-state index in [-0.39, 0.29) is 18.0 Å². The van der Waals surface area contributed by atoms with Gasteiger partial charge in [-0.3, -0.25) is 0 Å². The van der Waals surface area contributed by atoms with Crippen molar-refractivity contribution in [2.24, 2.45) is 0 Å². The Labute approximate surface area is 156 Å². The predicted octanol–water partition coefficient (Wildman–Crippen LogP) is 4.64. The summed E-state index contributed by atoms with van der Waals surface area (Å²) in [5.74, 6) is 1.18. The van der Waals surface area contributed by atoms with Crippen LogP contribution in [0, 0.1) is 0 Å². The molecule has 146 valence electrons. The summed E-state index contributed by atoms with van der Waals surface area (Å²) in [6, 6.07) is 6.60. The van der Waals surface area contributed by atoms with Crippen LogP contribution in [0.1, 0.15) is 55.8 Å². The second kappa shape index (κ2) is 7.94. The van der Waals surface area contributed by atoms with Gasteiger partial charge in [0.2, 0.25) is 0 Å². The molecule has 0 radical (unpaired) electrons. The molecule has 7 heteroatoms. The lowest BCUT2D eigenvalue weighted by molar-refractivity contribution is -0.0494. The van der Waals surface area contributed by atoms with E-state index in [4.69, 9.17) is 9.26 Å². The van der Waals surface area contributed by atoms with Gasteiger partial charge in [-0.15, -0.1) is 0 Å². The third-order valence-corrected chi connectivity index (χ3v) is 5.23. The molecule has 0 bridgehead atoms. The molecule has 0 spiro atoms. The second-order valence-corrected chi connectivity index (χ2v) is 7.26. The third-order valence-electron chi connectivity index (χ3n) is 5.23. The summed E-state index contributed by atoms with van der Waals surface area (Å²) < 4.78 is 41.9. The van der Waals surface area contributed by atoms with Gasteiger partial charge in [0.25, 0.3) is 0 Å². The Balaban J connectivity index is 1.58. The molecule has 2 aromatic rings. The summed E-state index contributed by atoms with van der Waals surface area (Å²) in [7, 11) is 0. The summed E-state index contributed by atoms with van der Waals surface area (Å²) in [5.41, 5.74) is 1.80. The second-order valence-electron chi connectivity index (χ2n) is 7.26. The normalized spacial score (nSPS) is 23.0. The molecule has 2 fully saturated rings. The average Bonchev–Trinajstić information content (AvgIpc) is 3.41. The van der Waals surface area contributed by atoms with E-state index in [0.717, 1.165) is 49.8 Å². The van der Waals surface area contributed by atoms with Gasteiger partial charge in [0.05, 0.1) is 18.8 Å². The Bertz CT molecular complexity index is 767. The van der Waals surface area contributed by atoms with Gasteiger partial charge in [-0.05, 0) is 50.7 Å². The highest BCUT2D eigenvalue weighted by molar-refractivity contribution is 5.70. The lowest BCUT2D eigenvalue weighted by Gasteiger charge is -2.25. The highest BCUT2D eigenvalue weighted by Gasteiger charge is 2.34. The van der Waals surface area contributed by atoms with Crippen molar-refractivity contribution in [3.63, 3.8) is 0 Å². The largest absolute Gasteiger partial charge is 0.434 e. The van der Waals surface area contributed by atoms with Crippen LogP contribution >= 0.6 is 0 Å². The van der Waals surface area contributed by atoms with Crippen molar-refractivity contribution in [1.82, 2.24) is 5.16 Å². The average molecular weight is 379 g/mol. The smallest absolute Gasteiger partial charge is 0.387 e. The molecule has 2 aliphatic carbocycles. The van der Waals surface area contributed by atoms with Crippen LogP contribution in [0.4, 0.5) is 8.78 Å². The molecule has 2 saturated carbocycles. The van der Waals surface area contributed by atoms with Gasteiger partial charge >= 0.3 is 6.61 Å². The lowest BCUT2D eigenvalue weighted by Crippen LogP contribution is -2.24. The Hall–Kier alpha value is -1.99. The summed E-state index contributed by atoms with van der Waals surface area (Å²) >= 11 is 0. The van der Waals surface area contributed by atoms with E-state index < -0.39 is 6.61 Å². The standard InChI is InChI=1S/C20H23F2NO4/c21-20(22)26-17-4-2-1-3-15(17)18-16(19(27-23-18)12-5-6-12)11-25-14-9-7-13(24)8-10-14/h1-4,12-14,20,24H,5-11H2. The lowest BCUT2D eigenvalue weighted by atomic mass is 9.95. The molecule has 27 heavy (non-hydrogen) atoms. The topological polar surface area (TPSA) is 64.7 Å². The maximum absolute atomic E-state index is 12.8. The maximum atomic E-state index is 12.8. The molecule has 0 unspecified atom stereocenters. The first kappa shape index (κ1) is 18.4. The van der Waals surface area contributed by atoms with E-state index in [2.05, 4.69) is 9.89 Å². The highest BCUT2D eigenvalue weighted by Crippen LogP contribution is 2.45. The summed E-state index contributed by atoms with van der Waals surface area (Å²) in [6.45, 7) is -2.59. The van der Waals surface area contributed by atoms with Gasteiger partial charge in [0.1, 0.15) is 17.2 Å². The zero-order valence-electron chi connectivity index (χ0n) is 14.9. The molecule has 0 saturated heterocycles. The van der Waals surface area contributed by atoms with Crippen LogP contribution in [0.2, 0.25) is 0 Å². The molecule has 1 heterocycles. The SMILES string of the molecule is OC1CCC(OCc2c(-c3ccccc3OC(F)F)noc2C2CC2)CC1. The number of para-hydroxylation sites is 1. The van der Waals surface area contributed by atoms with Crippen LogP contribution in [0.5, 0.6) is 5.75 Å². The van der Waals surface area contributed by atoms with E-state index >= 15 is 0 Å². The molecule has 1 aromatic heterocycles. The number of nitrogens with zero attached hydrogens (tertiary/aromatic N) is 1. The molecule has 0 aliphatic heterocycles. The van der Waals surface area contributed by atoms with Crippen LogP contribution in [0.25, 0.3) is 11.3 Å². The zero-order chi connectivity index (χ0) is 18.8. The van der Waals surface area contributed by atoms with Gasteiger partial charge in [-0.25, -0.2) is 0 Å². The summed E-state index contributed by atoms with van der Waals surface area (Å²) in [5, 5.41) is 13.8. The van der Waals surface area contributed by atoms with Crippen LogP contribution < -0.4 is 4.74 Å². The van der Waals surface area contributed by atoms with Crippen LogP contribution in [-0.2, 0) is 11.3 Å². The van der Waals surface area contributed by atoms with Gasteiger partial charge in [0, 0.05) is 17.0 Å². The Morgan fingerprint density at radius 3 is 2.56 bits per heavy atom. The van der Waals surface area contributed by atoms with E-state index in [0.29, 0.717) is 23.8 Å². The number of hydrogen-bond acceptors (Lipinski definition) is 5. The van der Waals surface area contributed by atoms with E-state index in [1.807, 2.05) is 0 Å². The Kier molecular flexibility index (Phi) is 5.41. The van der Waals surface area contributed by atoms with Crippen molar-refractivity contribution in [3.8, 4) is 17.0 Å². The van der Waals surface area contributed by atoms with E-state index in [9.17, 15) is 13.9 Å². The van der Waals surface area contributed by atoms with Crippen molar-refractivity contribution in [2.75, 3.05) is 0 Å². The summed E-state index contributed by atoms with van der Waals surface area (Å²) in [4.78, 5) is 0. The number of aromatic nitrogens is 1. The number of ether oxygens (including phenoxy) is 2. The van der Waals surface area contributed by atoms with Gasteiger partial charge in [0.15, 0.2) is 0 Å². The molecule has 1 aromatic carbocycles. The molecule has 2 aliphatic rings. The molecular formula is C20H23F2NO4. The minimum absolute atomic E-state index is 0.0742. The fraction of sp³-hybridized carbons (Fsp3) is 0.550. The van der Waals surface area contributed by atoms with Crippen molar-refractivity contribution >= 4 is 0 Å². The number of rotatable bonds is 7. The van der Waals surface area contributed by atoms with Crippen LogP contribution in [0.3, 0.4) is 0 Å².